The third kappa shape index (κ3) is 1.21. The molecule has 2 rings (SSSR count). The highest BCUT2D eigenvalue weighted by Crippen LogP contribution is 2.27. The van der Waals surface area contributed by atoms with Crippen LogP contribution in [0.2, 0.25) is 0 Å². The van der Waals surface area contributed by atoms with Crippen molar-refractivity contribution in [3.63, 3.8) is 0 Å². The molecule has 1 aromatic heterocycles. The van der Waals surface area contributed by atoms with Gasteiger partial charge in [0.1, 0.15) is 5.03 Å². The van der Waals surface area contributed by atoms with Crippen LogP contribution in [-0.4, -0.2) is 16.6 Å². The van der Waals surface area contributed by atoms with Crippen molar-refractivity contribution < 1.29 is 4.79 Å². The van der Waals surface area contributed by atoms with Crippen molar-refractivity contribution in [2.75, 3.05) is 11.1 Å². The largest absolute Gasteiger partial charge is 0.323 e. The van der Waals surface area contributed by atoms with Crippen molar-refractivity contribution in [3.8, 4) is 0 Å². The lowest BCUT2D eigenvalue weighted by Crippen LogP contribution is -2.18. The lowest BCUT2D eigenvalue weighted by molar-refractivity contribution is -0.113. The second-order valence-corrected chi connectivity index (χ2v) is 3.09. The Morgan fingerprint density at radius 2 is 2.64 bits per heavy atom. The zero-order chi connectivity index (χ0) is 7.68. The lowest BCUT2D eigenvalue weighted by atomic mass is 10.4. The number of hydrogen-bond donors (Lipinski definition) is 1. The summed E-state index contributed by atoms with van der Waals surface area (Å²) in [6.07, 6.45) is 1.60. The van der Waals surface area contributed by atoms with Crippen molar-refractivity contribution >= 4 is 23.4 Å². The second kappa shape index (κ2) is 2.54. The van der Waals surface area contributed by atoms with E-state index in [9.17, 15) is 4.79 Å². The van der Waals surface area contributed by atoms with Gasteiger partial charge in [0, 0.05) is 12.3 Å². The number of carbonyl (C=O) groups excluding carboxylic acids is 1. The number of aromatic nitrogens is 1. The number of thioether (sulfide) groups is 1. The fourth-order valence-electron chi connectivity index (χ4n) is 0.873. The van der Waals surface area contributed by atoms with Gasteiger partial charge < -0.3 is 5.32 Å². The number of pyridine rings is 1. The SMILES string of the molecule is O=C1CSc2nc[c]cc2N1. The Morgan fingerprint density at radius 1 is 1.73 bits per heavy atom. The van der Waals surface area contributed by atoms with Crippen molar-refractivity contribution in [3.05, 3.63) is 18.3 Å². The molecule has 0 fully saturated rings. The van der Waals surface area contributed by atoms with E-state index in [2.05, 4.69) is 16.4 Å². The van der Waals surface area contributed by atoms with Crippen molar-refractivity contribution in [1.82, 2.24) is 4.98 Å². The molecule has 0 spiro atoms. The minimum absolute atomic E-state index is 0.0314. The first-order valence-corrected chi connectivity index (χ1v) is 4.13. The van der Waals surface area contributed by atoms with Gasteiger partial charge in [-0.1, -0.05) is 11.8 Å². The molecule has 0 bridgehead atoms. The minimum Gasteiger partial charge on any atom is -0.323 e. The van der Waals surface area contributed by atoms with E-state index in [1.807, 2.05) is 0 Å². The first-order valence-electron chi connectivity index (χ1n) is 3.15. The van der Waals surface area contributed by atoms with E-state index in [4.69, 9.17) is 0 Å². The highest BCUT2D eigenvalue weighted by molar-refractivity contribution is 8.00. The lowest BCUT2D eigenvalue weighted by Gasteiger charge is -2.13. The third-order valence-electron chi connectivity index (χ3n) is 1.33. The minimum atomic E-state index is 0.0314. The number of carbonyl (C=O) groups is 1. The van der Waals surface area contributed by atoms with Gasteiger partial charge in [-0.15, -0.1) is 0 Å². The maximum Gasteiger partial charge on any atom is 0.234 e. The molecule has 0 saturated heterocycles. The molecule has 0 atom stereocenters. The van der Waals surface area contributed by atoms with Crippen LogP contribution in [0.15, 0.2) is 17.3 Å². The van der Waals surface area contributed by atoms with Crippen molar-refractivity contribution in [1.29, 1.82) is 0 Å². The molecule has 1 radical (unpaired) electrons. The predicted octanol–water partition coefficient (Wildman–Crippen LogP) is 0.926. The number of rotatable bonds is 0. The first-order chi connectivity index (χ1) is 5.36. The van der Waals surface area contributed by atoms with Gasteiger partial charge in [-0.25, -0.2) is 4.98 Å². The van der Waals surface area contributed by atoms with Gasteiger partial charge >= 0.3 is 0 Å². The number of anilines is 1. The molecule has 0 saturated carbocycles. The summed E-state index contributed by atoms with van der Waals surface area (Å²) in [6, 6.07) is 4.53. The molecule has 0 aliphatic carbocycles. The van der Waals surface area contributed by atoms with E-state index in [-0.39, 0.29) is 5.91 Å². The number of fused-ring (bicyclic) bond motifs is 1. The van der Waals surface area contributed by atoms with E-state index in [0.717, 1.165) is 10.7 Å². The maximum absolute atomic E-state index is 10.9. The Bertz CT molecular complexity index is 300. The number of hydrogen-bond acceptors (Lipinski definition) is 3. The predicted molar refractivity (Wildman–Crippen MR) is 42.4 cm³/mol. The zero-order valence-corrected chi connectivity index (χ0v) is 6.44. The van der Waals surface area contributed by atoms with Crippen LogP contribution >= 0.6 is 11.8 Å². The topological polar surface area (TPSA) is 42.0 Å². The molecule has 0 unspecified atom stereocenters. The van der Waals surface area contributed by atoms with E-state index in [1.165, 1.54) is 11.8 Å². The van der Waals surface area contributed by atoms with Crippen molar-refractivity contribution in [2.24, 2.45) is 0 Å². The standard InChI is InChI=1S/C7H5N2OS/c10-6-4-11-7-5(9-6)2-1-3-8-7/h2-3H,4H2,(H,9,10). The van der Waals surface area contributed by atoms with Crippen LogP contribution in [-0.2, 0) is 4.79 Å². The van der Waals surface area contributed by atoms with E-state index in [0.29, 0.717) is 5.75 Å². The summed E-state index contributed by atoms with van der Waals surface area (Å²) in [5.41, 5.74) is 0.772. The molecular formula is C7H5N2OS. The third-order valence-corrected chi connectivity index (χ3v) is 2.33. The molecule has 11 heavy (non-hydrogen) atoms. The van der Waals surface area contributed by atoms with Crippen LogP contribution < -0.4 is 5.32 Å². The van der Waals surface area contributed by atoms with Gasteiger partial charge in [-0.2, -0.15) is 0 Å². The Labute approximate surface area is 68.2 Å². The number of amides is 1. The highest BCUT2D eigenvalue weighted by Gasteiger charge is 2.14. The Hall–Kier alpha value is -1.03. The summed E-state index contributed by atoms with van der Waals surface area (Å²) in [5.74, 6) is 0.494. The second-order valence-electron chi connectivity index (χ2n) is 2.12. The molecule has 1 aliphatic rings. The van der Waals surface area contributed by atoms with E-state index < -0.39 is 0 Å². The van der Waals surface area contributed by atoms with Crippen LogP contribution in [0.1, 0.15) is 0 Å². The molecule has 4 heteroatoms. The fraction of sp³-hybridized carbons (Fsp3) is 0.143. The fourth-order valence-corrected chi connectivity index (χ4v) is 1.61. The summed E-state index contributed by atoms with van der Waals surface area (Å²) in [4.78, 5) is 14.9. The smallest absolute Gasteiger partial charge is 0.234 e. The van der Waals surface area contributed by atoms with Gasteiger partial charge in [0.25, 0.3) is 0 Å². The maximum atomic E-state index is 10.9. The normalized spacial score (nSPS) is 15.5. The first kappa shape index (κ1) is 6.67. The van der Waals surface area contributed by atoms with Gasteiger partial charge in [0.05, 0.1) is 11.4 Å². The summed E-state index contributed by atoms with van der Waals surface area (Å²) < 4.78 is 0. The molecular weight excluding hydrogens is 160 g/mol. The summed E-state index contributed by atoms with van der Waals surface area (Å²) >= 11 is 1.45. The van der Waals surface area contributed by atoms with Gasteiger partial charge in [-0.3, -0.25) is 4.79 Å². The average molecular weight is 165 g/mol. The highest BCUT2D eigenvalue weighted by atomic mass is 32.2. The Kier molecular flexibility index (Phi) is 1.54. The van der Waals surface area contributed by atoms with E-state index >= 15 is 0 Å². The van der Waals surface area contributed by atoms with Crippen LogP contribution in [0.4, 0.5) is 5.69 Å². The summed E-state index contributed by atoms with van der Waals surface area (Å²) in [7, 11) is 0. The molecule has 2 heterocycles. The zero-order valence-electron chi connectivity index (χ0n) is 5.63. The number of nitrogens with one attached hydrogen (secondary N) is 1. The Morgan fingerprint density at radius 3 is 3.55 bits per heavy atom. The van der Waals surface area contributed by atoms with Crippen LogP contribution in [0.25, 0.3) is 0 Å². The van der Waals surface area contributed by atoms with Crippen LogP contribution in [0.5, 0.6) is 0 Å². The monoisotopic (exact) mass is 165 g/mol. The van der Waals surface area contributed by atoms with Gasteiger partial charge in [0.2, 0.25) is 5.91 Å². The molecule has 3 nitrogen and oxygen atoms in total. The van der Waals surface area contributed by atoms with Crippen molar-refractivity contribution in [2.45, 2.75) is 5.03 Å². The van der Waals surface area contributed by atoms with Gasteiger partial charge in [-0.05, 0) is 6.07 Å². The molecule has 0 aromatic carbocycles. The quantitative estimate of drug-likeness (QED) is 0.621. The van der Waals surface area contributed by atoms with Gasteiger partial charge in [0.15, 0.2) is 0 Å². The molecule has 55 valence electrons. The van der Waals surface area contributed by atoms with Crippen LogP contribution in [0, 0.1) is 6.07 Å². The summed E-state index contributed by atoms with van der Waals surface area (Å²) in [5, 5.41) is 3.58. The number of nitrogens with zero attached hydrogens (tertiary/aromatic N) is 1. The molecule has 1 N–H and O–H groups in total. The average Bonchev–Trinajstić information content (AvgIpc) is 2.04. The molecule has 1 aromatic rings. The van der Waals surface area contributed by atoms with E-state index in [1.54, 1.807) is 12.3 Å². The van der Waals surface area contributed by atoms with Crippen LogP contribution in [0.3, 0.4) is 0 Å². The summed E-state index contributed by atoms with van der Waals surface area (Å²) in [6.45, 7) is 0. The Balaban J connectivity index is 2.41. The molecule has 1 amide bonds. The molecule has 1 aliphatic heterocycles.